The molecule has 0 heterocycles. The predicted octanol–water partition coefficient (Wildman–Crippen LogP) is 1.37. The van der Waals surface area contributed by atoms with E-state index in [1.807, 2.05) is 0 Å². The van der Waals surface area contributed by atoms with Crippen LogP contribution in [0.3, 0.4) is 0 Å². The number of amides is 1. The van der Waals surface area contributed by atoms with Crippen LogP contribution in [0.2, 0.25) is 0 Å². The third-order valence-electron chi connectivity index (χ3n) is 2.39. The highest BCUT2D eigenvalue weighted by Gasteiger charge is 2.30. The third-order valence-corrected chi connectivity index (χ3v) is 2.39. The largest absolute Gasteiger partial charge is 0.452 e. The molecule has 0 bridgehead atoms. The van der Waals surface area contributed by atoms with Crippen molar-refractivity contribution in [2.24, 2.45) is 16.9 Å². The molecule has 68 valence electrons. The molecule has 0 radical (unpaired) electrons. The van der Waals surface area contributed by atoms with Crippen LogP contribution in [0.5, 0.6) is 0 Å². The maximum absolute atomic E-state index is 10.6. The van der Waals surface area contributed by atoms with Crippen molar-refractivity contribution in [1.82, 2.24) is 5.43 Å². The summed E-state index contributed by atoms with van der Waals surface area (Å²) in [5.74, 6) is 1.17. The Kier molecular flexibility index (Phi) is 2.68. The minimum Gasteiger partial charge on any atom is -0.452 e. The van der Waals surface area contributed by atoms with Gasteiger partial charge in [0, 0.05) is 5.71 Å². The van der Waals surface area contributed by atoms with Gasteiger partial charge in [-0.3, -0.25) is 0 Å². The van der Waals surface area contributed by atoms with Crippen molar-refractivity contribution in [3.8, 4) is 0 Å². The molecule has 1 amide bonds. The average molecular weight is 170 g/mol. The van der Waals surface area contributed by atoms with Gasteiger partial charge >= 0.3 is 6.09 Å². The summed E-state index contributed by atoms with van der Waals surface area (Å²) in [5.41, 5.74) is 3.36. The SMILES string of the molecule is COC(=O)N/N=C1\CC(C)C1C. The minimum atomic E-state index is -0.505. The Bertz CT molecular complexity index is 213. The van der Waals surface area contributed by atoms with Crippen LogP contribution < -0.4 is 5.43 Å². The lowest BCUT2D eigenvalue weighted by Crippen LogP contribution is -2.35. The molecule has 2 unspecified atom stereocenters. The van der Waals surface area contributed by atoms with Gasteiger partial charge < -0.3 is 4.74 Å². The maximum atomic E-state index is 10.6. The molecule has 12 heavy (non-hydrogen) atoms. The van der Waals surface area contributed by atoms with E-state index in [4.69, 9.17) is 0 Å². The summed E-state index contributed by atoms with van der Waals surface area (Å²) in [5, 5.41) is 3.92. The van der Waals surface area contributed by atoms with Crippen molar-refractivity contribution in [3.05, 3.63) is 0 Å². The molecule has 2 atom stereocenters. The van der Waals surface area contributed by atoms with Crippen molar-refractivity contribution in [2.45, 2.75) is 20.3 Å². The van der Waals surface area contributed by atoms with E-state index in [2.05, 4.69) is 29.1 Å². The Morgan fingerprint density at radius 2 is 2.33 bits per heavy atom. The Morgan fingerprint density at radius 3 is 2.75 bits per heavy atom. The van der Waals surface area contributed by atoms with E-state index in [9.17, 15) is 4.79 Å². The van der Waals surface area contributed by atoms with Gasteiger partial charge in [0.15, 0.2) is 0 Å². The third kappa shape index (κ3) is 1.75. The first-order valence-corrected chi connectivity index (χ1v) is 4.05. The van der Waals surface area contributed by atoms with Gasteiger partial charge in [-0.2, -0.15) is 5.10 Å². The number of carbonyl (C=O) groups is 1. The number of carbonyl (C=O) groups excluding carboxylic acids is 1. The molecule has 1 N–H and O–H groups in total. The summed E-state index contributed by atoms with van der Waals surface area (Å²) in [4.78, 5) is 10.6. The topological polar surface area (TPSA) is 50.7 Å². The fraction of sp³-hybridized carbons (Fsp3) is 0.750. The molecule has 1 saturated carbocycles. The van der Waals surface area contributed by atoms with Gasteiger partial charge in [-0.05, 0) is 18.3 Å². The first kappa shape index (κ1) is 9.03. The number of nitrogens with zero attached hydrogens (tertiary/aromatic N) is 1. The van der Waals surface area contributed by atoms with Gasteiger partial charge in [-0.1, -0.05) is 13.8 Å². The summed E-state index contributed by atoms with van der Waals surface area (Å²) in [6.45, 7) is 4.27. The number of hydrogen-bond acceptors (Lipinski definition) is 3. The highest BCUT2D eigenvalue weighted by Crippen LogP contribution is 2.30. The number of nitrogens with one attached hydrogen (secondary N) is 1. The van der Waals surface area contributed by atoms with Crippen LogP contribution in [0, 0.1) is 11.8 Å². The van der Waals surface area contributed by atoms with E-state index in [0.717, 1.165) is 12.1 Å². The van der Waals surface area contributed by atoms with E-state index in [0.29, 0.717) is 11.8 Å². The van der Waals surface area contributed by atoms with Crippen LogP contribution in [0.1, 0.15) is 20.3 Å². The zero-order valence-electron chi connectivity index (χ0n) is 7.63. The lowest BCUT2D eigenvalue weighted by Gasteiger charge is -2.32. The maximum Gasteiger partial charge on any atom is 0.427 e. The second-order valence-electron chi connectivity index (χ2n) is 3.18. The quantitative estimate of drug-likeness (QED) is 0.604. The Balaban J connectivity index is 2.34. The van der Waals surface area contributed by atoms with Gasteiger partial charge in [0.1, 0.15) is 0 Å². The molecule has 1 fully saturated rings. The molecule has 0 aromatic rings. The van der Waals surface area contributed by atoms with Crippen LogP contribution in [0.25, 0.3) is 0 Å². The summed E-state index contributed by atoms with van der Waals surface area (Å²) < 4.78 is 4.37. The van der Waals surface area contributed by atoms with Gasteiger partial charge in [0.05, 0.1) is 7.11 Å². The summed E-state index contributed by atoms with van der Waals surface area (Å²) >= 11 is 0. The smallest absolute Gasteiger partial charge is 0.427 e. The molecule has 0 spiro atoms. The fourth-order valence-electron chi connectivity index (χ4n) is 1.17. The molecule has 0 aromatic heterocycles. The van der Waals surface area contributed by atoms with Crippen molar-refractivity contribution < 1.29 is 9.53 Å². The van der Waals surface area contributed by atoms with Crippen molar-refractivity contribution in [3.63, 3.8) is 0 Å². The van der Waals surface area contributed by atoms with Crippen molar-refractivity contribution in [2.75, 3.05) is 7.11 Å². The summed E-state index contributed by atoms with van der Waals surface area (Å²) in [6.07, 6.45) is 0.472. The first-order valence-electron chi connectivity index (χ1n) is 4.05. The molecule has 4 nitrogen and oxygen atoms in total. The average Bonchev–Trinajstić information content (AvgIpc) is 2.10. The van der Waals surface area contributed by atoms with Crippen molar-refractivity contribution in [1.29, 1.82) is 0 Å². The monoisotopic (exact) mass is 170 g/mol. The fourth-order valence-corrected chi connectivity index (χ4v) is 1.17. The number of ether oxygens (including phenoxy) is 1. The van der Waals surface area contributed by atoms with Gasteiger partial charge in [0.2, 0.25) is 0 Å². The van der Waals surface area contributed by atoms with Gasteiger partial charge in [-0.15, -0.1) is 0 Å². The highest BCUT2D eigenvalue weighted by molar-refractivity contribution is 5.92. The van der Waals surface area contributed by atoms with E-state index in [1.54, 1.807) is 0 Å². The Labute approximate surface area is 72.0 Å². The van der Waals surface area contributed by atoms with E-state index >= 15 is 0 Å². The minimum absolute atomic E-state index is 0.488. The molecular formula is C8H14N2O2. The number of rotatable bonds is 1. The van der Waals surface area contributed by atoms with Crippen LogP contribution >= 0.6 is 0 Å². The lowest BCUT2D eigenvalue weighted by molar-refractivity contribution is 0.171. The van der Waals surface area contributed by atoms with E-state index in [1.165, 1.54) is 7.11 Å². The Hall–Kier alpha value is -1.06. The molecule has 1 aliphatic carbocycles. The second kappa shape index (κ2) is 3.56. The molecule has 4 heteroatoms. The standard InChI is InChI=1S/C8H14N2O2/c1-5-4-7(6(5)2)9-10-8(11)12-3/h5-6H,4H2,1-3H3,(H,10,11)/b9-7+. The molecule has 0 aliphatic heterocycles. The number of hydrazone groups is 1. The highest BCUT2D eigenvalue weighted by atomic mass is 16.5. The van der Waals surface area contributed by atoms with Crippen molar-refractivity contribution >= 4 is 11.8 Å². The Morgan fingerprint density at radius 1 is 1.67 bits per heavy atom. The predicted molar refractivity (Wildman–Crippen MR) is 45.9 cm³/mol. The molecule has 0 aromatic carbocycles. The van der Waals surface area contributed by atoms with Gasteiger partial charge in [0.25, 0.3) is 0 Å². The first-order chi connectivity index (χ1) is 5.65. The number of methoxy groups -OCH3 is 1. The zero-order chi connectivity index (χ0) is 9.14. The molecular weight excluding hydrogens is 156 g/mol. The lowest BCUT2D eigenvalue weighted by atomic mass is 9.74. The van der Waals surface area contributed by atoms with Gasteiger partial charge in [-0.25, -0.2) is 10.2 Å². The zero-order valence-corrected chi connectivity index (χ0v) is 7.63. The summed E-state index contributed by atoms with van der Waals surface area (Å²) in [6, 6.07) is 0. The van der Waals surface area contributed by atoms with Crippen LogP contribution in [0.4, 0.5) is 4.79 Å². The van der Waals surface area contributed by atoms with Crippen LogP contribution in [-0.2, 0) is 4.74 Å². The molecule has 0 saturated heterocycles. The second-order valence-corrected chi connectivity index (χ2v) is 3.18. The molecule has 1 rings (SSSR count). The van der Waals surface area contributed by atoms with E-state index in [-0.39, 0.29) is 0 Å². The van der Waals surface area contributed by atoms with Crippen LogP contribution in [0.15, 0.2) is 5.10 Å². The molecule has 1 aliphatic rings. The van der Waals surface area contributed by atoms with Crippen LogP contribution in [-0.4, -0.2) is 18.9 Å². The summed E-state index contributed by atoms with van der Waals surface area (Å²) in [7, 11) is 1.32. The normalized spacial score (nSPS) is 31.1. The number of hydrogen-bond donors (Lipinski definition) is 1. The van der Waals surface area contributed by atoms with E-state index < -0.39 is 6.09 Å².